The Labute approximate surface area is 500 Å². The number of halogens is 1. The zero-order valence-corrected chi connectivity index (χ0v) is 50.0. The summed E-state index contributed by atoms with van der Waals surface area (Å²) in [7, 11) is 0. The van der Waals surface area contributed by atoms with Crippen molar-refractivity contribution in [2.75, 3.05) is 138 Å². The summed E-state index contributed by atoms with van der Waals surface area (Å²) >= 11 is 5.63. The molecule has 470 valence electrons. The van der Waals surface area contributed by atoms with Gasteiger partial charge < -0.3 is 72.7 Å². The van der Waals surface area contributed by atoms with Crippen LogP contribution in [0.5, 0.6) is 5.75 Å². The molecule has 3 amide bonds. The molecule has 3 aromatic rings. The number of fused-ring (bicyclic) bond motifs is 1. The largest absolute Gasteiger partial charge is 0.490 e. The normalized spacial score (nSPS) is 11.2. The Hall–Kier alpha value is -6.27. The van der Waals surface area contributed by atoms with Crippen LogP contribution in [0.25, 0.3) is 21.2 Å². The van der Waals surface area contributed by atoms with Crippen LogP contribution in [0.3, 0.4) is 0 Å². The Morgan fingerprint density at radius 1 is 0.619 bits per heavy atom. The van der Waals surface area contributed by atoms with Crippen molar-refractivity contribution in [3.8, 4) is 5.75 Å². The molecule has 0 radical (unpaired) electrons. The van der Waals surface area contributed by atoms with Crippen LogP contribution in [0.15, 0.2) is 84.0 Å². The number of benzene rings is 3. The van der Waals surface area contributed by atoms with Crippen LogP contribution in [0.4, 0.5) is 15.3 Å². The number of alkyl halides is 1. The number of amides is 3. The Balaban J connectivity index is 0.000000581. The summed E-state index contributed by atoms with van der Waals surface area (Å²) < 4.78 is 58.1. The maximum Gasteiger partial charge on any atom is 0.407 e. The van der Waals surface area contributed by atoms with Gasteiger partial charge in [-0.25, -0.2) is 9.59 Å². The van der Waals surface area contributed by atoms with Crippen LogP contribution in [0, 0.1) is 0 Å². The molecule has 23 nitrogen and oxygen atoms in total. The minimum Gasteiger partial charge on any atom is -0.490 e. The fourth-order valence-electron chi connectivity index (χ4n) is 7.39. The molecule has 0 aliphatic carbocycles. The Morgan fingerprint density at radius 3 is 1.94 bits per heavy atom. The van der Waals surface area contributed by atoms with Gasteiger partial charge in [-0.3, -0.25) is 14.4 Å². The summed E-state index contributed by atoms with van der Waals surface area (Å²) in [6, 6.07) is 20.7. The molecule has 84 heavy (non-hydrogen) atoms. The smallest absolute Gasteiger partial charge is 0.407 e. The molecule has 3 rings (SSSR count). The number of esters is 2. The lowest BCUT2D eigenvalue weighted by atomic mass is 10.1. The van der Waals surface area contributed by atoms with Crippen molar-refractivity contribution in [3.63, 3.8) is 0 Å². The third-order valence-corrected chi connectivity index (χ3v) is 12.0. The zero-order valence-electron chi connectivity index (χ0n) is 49.3. The number of hydrogen-bond donors (Lipinski definition) is 3. The fourth-order valence-corrected chi connectivity index (χ4v) is 7.58. The average molecular weight is 1200 g/mol. The Kier molecular flexibility index (Phi) is 46.0. The summed E-state index contributed by atoms with van der Waals surface area (Å²) in [5, 5.41) is 21.4. The van der Waals surface area contributed by atoms with Gasteiger partial charge in [0.2, 0.25) is 5.91 Å². The summed E-state index contributed by atoms with van der Waals surface area (Å²) in [6.45, 7) is 11.0. The van der Waals surface area contributed by atoms with E-state index in [9.17, 15) is 29.1 Å². The molecule has 0 saturated carbocycles. The number of aliphatic hydroxyl groups excluding tert-OH is 1. The van der Waals surface area contributed by atoms with E-state index in [1.54, 1.807) is 41.3 Å². The highest BCUT2D eigenvalue weighted by molar-refractivity contribution is 6.17. The molecule has 0 spiro atoms. The summed E-state index contributed by atoms with van der Waals surface area (Å²) in [5.74, 6) is 0.843. The Bertz CT molecular complexity index is 2270. The quantitative estimate of drug-likeness (QED) is 0.00693. The highest BCUT2D eigenvalue weighted by Gasteiger charge is 2.16. The molecule has 0 aliphatic heterocycles. The lowest BCUT2D eigenvalue weighted by molar-refractivity contribution is -0.146. The van der Waals surface area contributed by atoms with Crippen molar-refractivity contribution in [2.24, 2.45) is 5.11 Å². The maximum atomic E-state index is 13.2. The monoisotopic (exact) mass is 1200 g/mol. The summed E-state index contributed by atoms with van der Waals surface area (Å²) in [5.41, 5.74) is 9.98. The second-order valence-corrected chi connectivity index (χ2v) is 18.9. The third-order valence-electron chi connectivity index (χ3n) is 11.7. The van der Waals surface area contributed by atoms with Crippen LogP contribution < -0.4 is 15.4 Å². The number of carbonyl (C=O) groups excluding carboxylic acids is 5. The van der Waals surface area contributed by atoms with Crippen LogP contribution in [-0.4, -0.2) is 184 Å². The van der Waals surface area contributed by atoms with E-state index in [0.29, 0.717) is 117 Å². The molecular weight excluding hydrogens is 1110 g/mol. The van der Waals surface area contributed by atoms with Crippen molar-refractivity contribution in [1.29, 1.82) is 0 Å². The van der Waals surface area contributed by atoms with E-state index >= 15 is 0 Å². The zero-order chi connectivity index (χ0) is 60.8. The number of carbonyl (C=O) groups is 5. The lowest BCUT2D eigenvalue weighted by Crippen LogP contribution is -2.38. The van der Waals surface area contributed by atoms with Crippen LogP contribution in [0.1, 0.15) is 96.5 Å². The Morgan fingerprint density at radius 2 is 1.23 bits per heavy atom. The molecule has 24 heteroatoms. The summed E-state index contributed by atoms with van der Waals surface area (Å²) in [4.78, 5) is 64.1. The van der Waals surface area contributed by atoms with Gasteiger partial charge in [-0.2, -0.15) is 0 Å². The molecule has 1 atom stereocenters. The molecular formula is C60H91ClN6O17. The van der Waals surface area contributed by atoms with E-state index in [4.69, 9.17) is 69.2 Å². The second-order valence-electron chi connectivity index (χ2n) is 18.5. The maximum absolute atomic E-state index is 13.2. The van der Waals surface area contributed by atoms with Gasteiger partial charge in [-0.05, 0) is 80.1 Å². The van der Waals surface area contributed by atoms with Crippen LogP contribution in [-0.2, 0) is 68.3 Å². The minimum atomic E-state index is -0.657. The number of aliphatic hydroxyl groups is 1. The van der Waals surface area contributed by atoms with Crippen LogP contribution >= 0.6 is 11.6 Å². The predicted molar refractivity (Wildman–Crippen MR) is 318 cm³/mol. The van der Waals surface area contributed by atoms with Crippen molar-refractivity contribution >= 4 is 58.1 Å². The van der Waals surface area contributed by atoms with E-state index in [2.05, 4.69) is 20.7 Å². The van der Waals surface area contributed by atoms with Crippen LogP contribution in [0.2, 0.25) is 0 Å². The molecule has 0 heterocycles. The first kappa shape index (κ1) is 73.8. The molecule has 0 saturated heterocycles. The van der Waals surface area contributed by atoms with Gasteiger partial charge in [-0.15, -0.1) is 11.6 Å². The van der Waals surface area contributed by atoms with Crippen molar-refractivity contribution < 1.29 is 81.2 Å². The van der Waals surface area contributed by atoms with Gasteiger partial charge in [0.15, 0.2) is 0 Å². The van der Waals surface area contributed by atoms with Crippen molar-refractivity contribution in [2.45, 2.75) is 104 Å². The molecule has 0 aliphatic rings. The first-order valence-electron chi connectivity index (χ1n) is 29.1. The molecule has 0 fully saturated rings. The van der Waals surface area contributed by atoms with E-state index in [1.165, 1.54) is 0 Å². The lowest BCUT2D eigenvalue weighted by Gasteiger charge is -2.23. The standard InChI is InChI=1S/C33H43N5O7.C27H48ClNO10/c1-2-42-20-21-43-22-23-44-33(41)35-18-19-38(24-26-14-16-28(17-15-26)36-37-34)32(40)13-6-4-10-29(39)25-45-31-12-7-9-27-8-3-5-11-30(27)31;1-2-10-25(30)37-16-7-8-17-39-27(32)29-13-18-35-21-22-36-23-24-38-26(31)11-9-15-34-20-19-33-14-6-4-3-5-12-28/h3,5,7-9,11-12,14-17,29,39H,2,4,6,10,13,18-25H2,1H3,(H,35,41);7-8H,2-6,9-24H2,1H3,(H,29,32)/b;8-7+/t29-;/m0./s1. The number of ether oxygens (including phenoxy) is 11. The van der Waals surface area contributed by atoms with E-state index in [1.807, 2.05) is 56.3 Å². The third kappa shape index (κ3) is 40.9. The van der Waals surface area contributed by atoms with Gasteiger partial charge in [0.1, 0.15) is 38.8 Å². The molecule has 3 N–H and O–H groups in total. The van der Waals surface area contributed by atoms with Gasteiger partial charge in [0.05, 0.1) is 65.6 Å². The number of azide groups is 1. The molecule has 3 aromatic carbocycles. The van der Waals surface area contributed by atoms with E-state index in [-0.39, 0.29) is 83.6 Å². The number of nitrogens with one attached hydrogen (secondary N) is 2. The van der Waals surface area contributed by atoms with Gasteiger partial charge in [-0.1, -0.05) is 92.0 Å². The number of alkyl carbamates (subject to hydrolysis) is 2. The van der Waals surface area contributed by atoms with Gasteiger partial charge in [0, 0.05) is 87.1 Å². The molecule has 0 unspecified atom stereocenters. The van der Waals surface area contributed by atoms with Gasteiger partial charge >= 0.3 is 24.1 Å². The fraction of sp³-hybridized carbons (Fsp3) is 0.617. The number of rotatable bonds is 49. The average Bonchev–Trinajstić information content (AvgIpc) is 3.62. The van der Waals surface area contributed by atoms with E-state index in [0.717, 1.165) is 66.7 Å². The van der Waals surface area contributed by atoms with Gasteiger partial charge in [0.25, 0.3) is 0 Å². The highest BCUT2D eigenvalue weighted by atomic mass is 35.5. The van der Waals surface area contributed by atoms with Crippen molar-refractivity contribution in [1.82, 2.24) is 15.5 Å². The molecule has 0 bridgehead atoms. The minimum absolute atomic E-state index is 0.0755. The number of nitrogens with zero attached hydrogens (tertiary/aromatic N) is 4. The first-order chi connectivity index (χ1) is 41.1. The first-order valence-corrected chi connectivity index (χ1v) is 29.6. The second kappa shape index (κ2) is 52.3. The summed E-state index contributed by atoms with van der Waals surface area (Å²) in [6.07, 6.45) is 9.84. The number of hydrogen-bond acceptors (Lipinski definition) is 18. The highest BCUT2D eigenvalue weighted by Crippen LogP contribution is 2.25. The predicted octanol–water partition coefficient (Wildman–Crippen LogP) is 9.69. The topological polar surface area (TPSA) is 283 Å². The number of unbranched alkanes of at least 4 members (excludes halogenated alkanes) is 4. The molecule has 0 aromatic heterocycles. The van der Waals surface area contributed by atoms with E-state index < -0.39 is 18.3 Å². The SMILES string of the molecule is CCCC(=O)OC/C=C/COC(=O)NCCOCCOCCOC(=O)CCCOCCOCCCCCCCl.CCOCCOCCOC(=O)NCCN(Cc1ccc(N=[N+]=[N-])cc1)C(=O)CCCC[C@H](O)COc1cccc2ccccc12. The van der Waals surface area contributed by atoms with Crippen molar-refractivity contribution in [3.05, 3.63) is 94.9 Å².